The Balaban J connectivity index is 2.34. The Hall–Kier alpha value is -2.34. The van der Waals surface area contributed by atoms with Crippen LogP contribution in [-0.2, 0) is 19.1 Å². The fraction of sp³-hybridized carbons (Fsp3) is 0.353. The summed E-state index contributed by atoms with van der Waals surface area (Å²) in [5, 5.41) is 0.517. The molecule has 0 saturated carbocycles. The van der Waals surface area contributed by atoms with Crippen LogP contribution in [0.5, 0.6) is 0 Å². The van der Waals surface area contributed by atoms with Crippen LogP contribution in [0.4, 0.5) is 0 Å². The predicted molar refractivity (Wildman–Crippen MR) is 87.6 cm³/mol. The zero-order valence-electron chi connectivity index (χ0n) is 13.4. The van der Waals surface area contributed by atoms with Crippen molar-refractivity contribution in [3.63, 3.8) is 0 Å². The Morgan fingerprint density at radius 2 is 1.71 bits per heavy atom. The number of hydrogen-bond acceptors (Lipinski definition) is 5. The van der Waals surface area contributed by atoms with Crippen LogP contribution in [0.2, 0.25) is 5.02 Å². The summed E-state index contributed by atoms with van der Waals surface area (Å²) in [6, 6.07) is 5.67. The van der Waals surface area contributed by atoms with E-state index in [0.29, 0.717) is 23.6 Å². The average Bonchev–Trinajstić information content (AvgIpc) is 2.62. The van der Waals surface area contributed by atoms with Crippen molar-refractivity contribution in [2.75, 3.05) is 20.8 Å². The predicted octanol–water partition coefficient (Wildman–Crippen LogP) is 2.07. The molecule has 0 spiro atoms. The number of rotatable bonds is 4. The number of benzene rings is 1. The minimum Gasteiger partial charge on any atom is -0.468 e. The molecule has 0 aliphatic carbocycles. The Bertz CT molecular complexity index is 639. The van der Waals surface area contributed by atoms with Crippen LogP contribution >= 0.6 is 11.6 Å². The summed E-state index contributed by atoms with van der Waals surface area (Å²) in [5.41, 5.74) is 0.424. The maximum absolute atomic E-state index is 12.8. The summed E-state index contributed by atoms with van der Waals surface area (Å²) in [7, 11) is 2.38. The first-order valence-electron chi connectivity index (χ1n) is 7.38. The van der Waals surface area contributed by atoms with Gasteiger partial charge in [0.05, 0.1) is 20.3 Å². The van der Waals surface area contributed by atoms with Gasteiger partial charge in [-0.15, -0.1) is 0 Å². The third-order valence-electron chi connectivity index (χ3n) is 3.83. The second-order valence-electron chi connectivity index (χ2n) is 5.24. The highest BCUT2D eigenvalue weighted by Crippen LogP contribution is 2.23. The molecule has 1 aliphatic heterocycles. The van der Waals surface area contributed by atoms with Crippen LogP contribution < -0.4 is 0 Å². The number of carbonyl (C=O) groups excluding carboxylic acids is 3. The van der Waals surface area contributed by atoms with E-state index < -0.39 is 23.9 Å². The average molecular weight is 352 g/mol. The SMILES string of the molecule is COC(=O)C(C(=O)OC)C1C=CCCN1C(=O)c1ccc(Cl)cc1. The number of halogens is 1. The van der Waals surface area contributed by atoms with Crippen molar-refractivity contribution in [3.8, 4) is 0 Å². The van der Waals surface area contributed by atoms with E-state index in [0.717, 1.165) is 0 Å². The van der Waals surface area contributed by atoms with Gasteiger partial charge in [-0.3, -0.25) is 14.4 Å². The lowest BCUT2D eigenvalue weighted by atomic mass is 9.94. The quantitative estimate of drug-likeness (QED) is 0.471. The van der Waals surface area contributed by atoms with Crippen molar-refractivity contribution in [1.29, 1.82) is 0 Å². The fourth-order valence-electron chi connectivity index (χ4n) is 2.62. The van der Waals surface area contributed by atoms with Crippen LogP contribution in [0.15, 0.2) is 36.4 Å². The molecule has 1 aliphatic rings. The summed E-state index contributed by atoms with van der Waals surface area (Å²) in [5.74, 6) is -3.01. The molecular formula is C17H18ClNO5. The highest BCUT2D eigenvalue weighted by Gasteiger charge is 2.41. The number of nitrogens with zero attached hydrogens (tertiary/aromatic N) is 1. The van der Waals surface area contributed by atoms with Crippen molar-refractivity contribution < 1.29 is 23.9 Å². The van der Waals surface area contributed by atoms with Gasteiger partial charge in [0.1, 0.15) is 0 Å². The lowest BCUT2D eigenvalue weighted by Crippen LogP contribution is -2.50. The molecule has 0 saturated heterocycles. The fourth-order valence-corrected chi connectivity index (χ4v) is 2.74. The molecular weight excluding hydrogens is 334 g/mol. The van der Waals surface area contributed by atoms with Gasteiger partial charge >= 0.3 is 11.9 Å². The lowest BCUT2D eigenvalue weighted by molar-refractivity contribution is -0.160. The number of amides is 1. The molecule has 1 atom stereocenters. The zero-order chi connectivity index (χ0) is 17.7. The van der Waals surface area contributed by atoms with Gasteiger partial charge in [-0.2, -0.15) is 0 Å². The van der Waals surface area contributed by atoms with Crippen LogP contribution in [0.3, 0.4) is 0 Å². The number of esters is 2. The van der Waals surface area contributed by atoms with E-state index >= 15 is 0 Å². The molecule has 0 aromatic heterocycles. The standard InChI is InChI=1S/C17H18ClNO5/c1-23-16(21)14(17(22)24-2)13-5-3-4-10-19(13)15(20)11-6-8-12(18)9-7-11/h3,5-9,13-14H,4,10H2,1-2H3. The highest BCUT2D eigenvalue weighted by molar-refractivity contribution is 6.30. The summed E-state index contributed by atoms with van der Waals surface area (Å²) in [4.78, 5) is 38.4. The van der Waals surface area contributed by atoms with Crippen molar-refractivity contribution in [2.45, 2.75) is 12.5 Å². The molecule has 0 radical (unpaired) electrons. The monoisotopic (exact) mass is 351 g/mol. The van der Waals surface area contributed by atoms with E-state index in [1.54, 1.807) is 30.3 Å². The molecule has 1 aromatic rings. The molecule has 1 heterocycles. The number of hydrogen-bond donors (Lipinski definition) is 0. The first kappa shape index (κ1) is 18.0. The Morgan fingerprint density at radius 3 is 2.25 bits per heavy atom. The Labute approximate surface area is 145 Å². The van der Waals surface area contributed by atoms with Crippen molar-refractivity contribution in [3.05, 3.63) is 47.0 Å². The van der Waals surface area contributed by atoms with E-state index in [1.165, 1.54) is 19.1 Å². The normalized spacial score (nSPS) is 16.8. The second-order valence-corrected chi connectivity index (χ2v) is 5.67. The number of methoxy groups -OCH3 is 2. The van der Waals surface area contributed by atoms with Crippen molar-refractivity contribution >= 4 is 29.4 Å². The van der Waals surface area contributed by atoms with Gasteiger partial charge in [-0.1, -0.05) is 23.8 Å². The third kappa shape index (κ3) is 3.76. The van der Waals surface area contributed by atoms with Gasteiger partial charge in [0, 0.05) is 17.1 Å². The van der Waals surface area contributed by atoms with Gasteiger partial charge in [-0.25, -0.2) is 0 Å². The minimum atomic E-state index is -1.23. The summed E-state index contributed by atoms with van der Waals surface area (Å²) in [6.45, 7) is 0.382. The lowest BCUT2D eigenvalue weighted by Gasteiger charge is -2.35. The maximum atomic E-state index is 12.8. The molecule has 1 aromatic carbocycles. The summed E-state index contributed by atoms with van der Waals surface area (Å²) >= 11 is 5.84. The third-order valence-corrected chi connectivity index (χ3v) is 4.09. The maximum Gasteiger partial charge on any atom is 0.322 e. The summed E-state index contributed by atoms with van der Waals surface area (Å²) in [6.07, 6.45) is 4.12. The van der Waals surface area contributed by atoms with E-state index in [2.05, 4.69) is 0 Å². The smallest absolute Gasteiger partial charge is 0.322 e. The first-order valence-corrected chi connectivity index (χ1v) is 7.76. The van der Waals surface area contributed by atoms with Crippen LogP contribution in [0, 0.1) is 5.92 Å². The molecule has 1 amide bonds. The van der Waals surface area contributed by atoms with Crippen LogP contribution in [0.25, 0.3) is 0 Å². The van der Waals surface area contributed by atoms with Gasteiger partial charge in [0.2, 0.25) is 0 Å². The largest absolute Gasteiger partial charge is 0.468 e. The molecule has 24 heavy (non-hydrogen) atoms. The van der Waals surface area contributed by atoms with E-state index in [-0.39, 0.29) is 5.91 Å². The van der Waals surface area contributed by atoms with Gasteiger partial charge in [0.15, 0.2) is 5.92 Å². The molecule has 0 bridgehead atoms. The van der Waals surface area contributed by atoms with Crippen LogP contribution in [0.1, 0.15) is 16.8 Å². The second kappa shape index (κ2) is 7.97. The zero-order valence-corrected chi connectivity index (χ0v) is 14.2. The van der Waals surface area contributed by atoms with E-state index in [9.17, 15) is 14.4 Å². The van der Waals surface area contributed by atoms with Crippen LogP contribution in [-0.4, -0.2) is 49.6 Å². The van der Waals surface area contributed by atoms with Gasteiger partial charge in [0.25, 0.3) is 5.91 Å². The molecule has 0 N–H and O–H groups in total. The molecule has 0 fully saturated rings. The molecule has 2 rings (SSSR count). The molecule has 6 nitrogen and oxygen atoms in total. The Morgan fingerprint density at radius 1 is 1.12 bits per heavy atom. The summed E-state index contributed by atoms with van der Waals surface area (Å²) < 4.78 is 9.42. The number of ether oxygens (including phenoxy) is 2. The molecule has 1 unspecified atom stereocenters. The van der Waals surface area contributed by atoms with E-state index in [4.69, 9.17) is 21.1 Å². The van der Waals surface area contributed by atoms with Gasteiger partial charge < -0.3 is 14.4 Å². The number of carbonyl (C=O) groups is 3. The minimum absolute atomic E-state index is 0.293. The molecule has 128 valence electrons. The first-order chi connectivity index (χ1) is 11.5. The van der Waals surface area contributed by atoms with Crippen molar-refractivity contribution in [1.82, 2.24) is 4.90 Å². The van der Waals surface area contributed by atoms with Gasteiger partial charge in [-0.05, 0) is 30.7 Å². The van der Waals surface area contributed by atoms with Crippen molar-refractivity contribution in [2.24, 2.45) is 5.92 Å². The van der Waals surface area contributed by atoms with E-state index in [1.807, 2.05) is 6.08 Å². The molecule has 7 heteroatoms. The topological polar surface area (TPSA) is 72.9 Å². The Kier molecular flexibility index (Phi) is 5.98. The highest BCUT2D eigenvalue weighted by atomic mass is 35.5.